The summed E-state index contributed by atoms with van der Waals surface area (Å²) >= 11 is 0. The van der Waals surface area contributed by atoms with Crippen LogP contribution < -0.4 is 10.5 Å². The SMILES string of the molecule is Nc1ccc(OC[C@H]2C[C@@H]2c2ccccc2)cc1. The summed E-state index contributed by atoms with van der Waals surface area (Å²) in [7, 11) is 0. The quantitative estimate of drug-likeness (QED) is 0.829. The number of nitrogens with two attached hydrogens (primary N) is 1. The van der Waals surface area contributed by atoms with Gasteiger partial charge < -0.3 is 10.5 Å². The highest BCUT2D eigenvalue weighted by atomic mass is 16.5. The molecule has 2 aromatic carbocycles. The Morgan fingerprint density at radius 2 is 1.72 bits per heavy atom. The Morgan fingerprint density at radius 3 is 2.44 bits per heavy atom. The zero-order valence-corrected chi connectivity index (χ0v) is 10.3. The summed E-state index contributed by atoms with van der Waals surface area (Å²) in [6.45, 7) is 0.795. The van der Waals surface area contributed by atoms with Gasteiger partial charge in [0.15, 0.2) is 0 Å². The molecular weight excluding hydrogens is 222 g/mol. The van der Waals surface area contributed by atoms with Crippen molar-refractivity contribution in [2.75, 3.05) is 12.3 Å². The van der Waals surface area contributed by atoms with Crippen LogP contribution in [0.15, 0.2) is 54.6 Å². The largest absolute Gasteiger partial charge is 0.493 e. The number of anilines is 1. The minimum absolute atomic E-state index is 0.657. The minimum atomic E-state index is 0.657. The lowest BCUT2D eigenvalue weighted by Gasteiger charge is -2.06. The Morgan fingerprint density at radius 1 is 1.00 bits per heavy atom. The van der Waals surface area contributed by atoms with Crippen LogP contribution >= 0.6 is 0 Å². The molecule has 0 amide bonds. The number of nitrogen functional groups attached to an aromatic ring is 1. The van der Waals surface area contributed by atoms with Crippen molar-refractivity contribution in [3.8, 4) is 5.75 Å². The highest BCUT2D eigenvalue weighted by Crippen LogP contribution is 2.47. The number of benzene rings is 2. The molecule has 0 bridgehead atoms. The molecular formula is C16H17NO. The second kappa shape index (κ2) is 4.73. The maximum Gasteiger partial charge on any atom is 0.119 e. The maximum atomic E-state index is 5.78. The molecule has 0 heterocycles. The molecule has 0 aromatic heterocycles. The van der Waals surface area contributed by atoms with E-state index in [0.717, 1.165) is 18.0 Å². The van der Waals surface area contributed by atoms with Crippen molar-refractivity contribution in [1.29, 1.82) is 0 Å². The molecule has 2 N–H and O–H groups in total. The predicted molar refractivity (Wildman–Crippen MR) is 73.6 cm³/mol. The molecule has 1 aliphatic rings. The summed E-state index contributed by atoms with van der Waals surface area (Å²) in [5.74, 6) is 2.24. The fourth-order valence-corrected chi connectivity index (χ4v) is 2.31. The van der Waals surface area contributed by atoms with Crippen LogP contribution in [0.2, 0.25) is 0 Å². The van der Waals surface area contributed by atoms with E-state index in [1.165, 1.54) is 12.0 Å². The first-order valence-corrected chi connectivity index (χ1v) is 6.36. The fraction of sp³-hybridized carbons (Fsp3) is 0.250. The van der Waals surface area contributed by atoms with Gasteiger partial charge in [0, 0.05) is 11.6 Å². The molecule has 0 aliphatic heterocycles. The molecule has 2 heteroatoms. The Hall–Kier alpha value is -1.96. The van der Waals surface area contributed by atoms with Crippen molar-refractivity contribution < 1.29 is 4.74 Å². The standard InChI is InChI=1S/C16H17NO/c17-14-6-8-15(9-7-14)18-11-13-10-16(13)12-4-2-1-3-5-12/h1-9,13,16H,10-11,17H2/t13-,16-/m1/s1. The third-order valence-corrected chi connectivity index (χ3v) is 3.49. The average Bonchev–Trinajstić information content (AvgIpc) is 3.19. The fourth-order valence-electron chi connectivity index (χ4n) is 2.31. The Labute approximate surface area is 107 Å². The van der Waals surface area contributed by atoms with Gasteiger partial charge in [0.1, 0.15) is 5.75 Å². The van der Waals surface area contributed by atoms with Gasteiger partial charge in [-0.15, -0.1) is 0 Å². The second-order valence-corrected chi connectivity index (χ2v) is 4.89. The van der Waals surface area contributed by atoms with Crippen LogP contribution in [0.3, 0.4) is 0 Å². The van der Waals surface area contributed by atoms with Gasteiger partial charge in [-0.2, -0.15) is 0 Å². The Bertz CT molecular complexity index is 506. The Kier molecular flexibility index (Phi) is 2.93. The highest BCUT2D eigenvalue weighted by Gasteiger charge is 2.38. The van der Waals surface area contributed by atoms with Gasteiger partial charge in [0.05, 0.1) is 6.61 Å². The molecule has 92 valence electrons. The highest BCUT2D eigenvalue weighted by molar-refractivity contribution is 5.41. The summed E-state index contributed by atoms with van der Waals surface area (Å²) in [4.78, 5) is 0. The van der Waals surface area contributed by atoms with E-state index in [1.54, 1.807) is 0 Å². The van der Waals surface area contributed by atoms with Gasteiger partial charge in [-0.05, 0) is 42.2 Å². The Balaban J connectivity index is 1.53. The summed E-state index contributed by atoms with van der Waals surface area (Å²) < 4.78 is 5.78. The van der Waals surface area contributed by atoms with E-state index in [0.29, 0.717) is 11.8 Å². The molecule has 0 saturated heterocycles. The van der Waals surface area contributed by atoms with E-state index in [-0.39, 0.29) is 0 Å². The monoisotopic (exact) mass is 239 g/mol. The van der Waals surface area contributed by atoms with E-state index >= 15 is 0 Å². The van der Waals surface area contributed by atoms with Crippen LogP contribution in [0.5, 0.6) is 5.75 Å². The first-order valence-electron chi connectivity index (χ1n) is 6.36. The summed E-state index contributed by atoms with van der Waals surface area (Å²) in [5, 5.41) is 0. The smallest absolute Gasteiger partial charge is 0.119 e. The molecule has 1 fully saturated rings. The van der Waals surface area contributed by atoms with Gasteiger partial charge in [-0.25, -0.2) is 0 Å². The molecule has 1 saturated carbocycles. The van der Waals surface area contributed by atoms with Gasteiger partial charge >= 0.3 is 0 Å². The van der Waals surface area contributed by atoms with Crippen molar-refractivity contribution in [3.05, 3.63) is 60.2 Å². The first kappa shape index (κ1) is 11.1. The van der Waals surface area contributed by atoms with E-state index in [1.807, 2.05) is 24.3 Å². The number of hydrogen-bond acceptors (Lipinski definition) is 2. The predicted octanol–water partition coefficient (Wildman–Crippen LogP) is 3.45. The van der Waals surface area contributed by atoms with Gasteiger partial charge in [0.25, 0.3) is 0 Å². The molecule has 2 nitrogen and oxygen atoms in total. The van der Waals surface area contributed by atoms with Gasteiger partial charge in [0.2, 0.25) is 0 Å². The van der Waals surface area contributed by atoms with E-state index < -0.39 is 0 Å². The molecule has 3 rings (SSSR count). The number of rotatable bonds is 4. The van der Waals surface area contributed by atoms with Crippen molar-refractivity contribution in [1.82, 2.24) is 0 Å². The molecule has 0 radical (unpaired) electrons. The van der Waals surface area contributed by atoms with Gasteiger partial charge in [-0.1, -0.05) is 30.3 Å². The lowest BCUT2D eigenvalue weighted by Crippen LogP contribution is -2.00. The van der Waals surface area contributed by atoms with Gasteiger partial charge in [-0.3, -0.25) is 0 Å². The lowest BCUT2D eigenvalue weighted by molar-refractivity contribution is 0.297. The third kappa shape index (κ3) is 2.48. The van der Waals surface area contributed by atoms with Crippen molar-refractivity contribution in [3.63, 3.8) is 0 Å². The zero-order valence-electron chi connectivity index (χ0n) is 10.3. The molecule has 1 aliphatic carbocycles. The molecule has 2 aromatic rings. The lowest BCUT2D eigenvalue weighted by atomic mass is 10.1. The van der Waals surface area contributed by atoms with Crippen molar-refractivity contribution >= 4 is 5.69 Å². The number of ether oxygens (including phenoxy) is 1. The molecule has 0 spiro atoms. The van der Waals surface area contributed by atoms with E-state index in [9.17, 15) is 0 Å². The summed E-state index contributed by atoms with van der Waals surface area (Å²) in [6.07, 6.45) is 1.24. The van der Waals surface area contributed by atoms with E-state index in [2.05, 4.69) is 30.3 Å². The number of hydrogen-bond donors (Lipinski definition) is 1. The topological polar surface area (TPSA) is 35.2 Å². The molecule has 2 atom stereocenters. The minimum Gasteiger partial charge on any atom is -0.493 e. The average molecular weight is 239 g/mol. The molecule has 18 heavy (non-hydrogen) atoms. The van der Waals surface area contributed by atoms with Crippen LogP contribution in [-0.2, 0) is 0 Å². The van der Waals surface area contributed by atoms with Crippen LogP contribution in [0, 0.1) is 5.92 Å². The normalized spacial score (nSPS) is 21.6. The van der Waals surface area contributed by atoms with Crippen molar-refractivity contribution in [2.45, 2.75) is 12.3 Å². The van der Waals surface area contributed by atoms with E-state index in [4.69, 9.17) is 10.5 Å². The van der Waals surface area contributed by atoms with Crippen LogP contribution in [0.1, 0.15) is 17.9 Å². The summed E-state index contributed by atoms with van der Waals surface area (Å²) in [6, 6.07) is 18.3. The van der Waals surface area contributed by atoms with Crippen LogP contribution in [-0.4, -0.2) is 6.61 Å². The van der Waals surface area contributed by atoms with Crippen molar-refractivity contribution in [2.24, 2.45) is 5.92 Å². The third-order valence-electron chi connectivity index (χ3n) is 3.49. The molecule has 0 unspecified atom stereocenters. The summed E-state index contributed by atoms with van der Waals surface area (Å²) in [5.41, 5.74) is 7.85. The zero-order chi connectivity index (χ0) is 12.4. The maximum absolute atomic E-state index is 5.78. The first-order chi connectivity index (χ1) is 8.83. The second-order valence-electron chi connectivity index (χ2n) is 4.89. The van der Waals surface area contributed by atoms with Crippen LogP contribution in [0.4, 0.5) is 5.69 Å². The van der Waals surface area contributed by atoms with Crippen LogP contribution in [0.25, 0.3) is 0 Å².